The molecule has 150 valence electrons. The summed E-state index contributed by atoms with van der Waals surface area (Å²) in [7, 11) is 0. The molecule has 0 aliphatic carbocycles. The van der Waals surface area contributed by atoms with Crippen LogP contribution in [0.3, 0.4) is 0 Å². The monoisotopic (exact) mass is 400 g/mol. The molecule has 1 aromatic heterocycles. The molecule has 0 atom stereocenters. The standard InChI is InChI=1S/C22H19F3N2O2/c1-2-26-21(29)17-11-19(15-6-3-5-14(9-15)13-28)20(27-12-17)16-7-4-8-18(10-16)22(23,24)25/h3-12,28H,2,13H2,1H3,(H,26,29). The van der Waals surface area contributed by atoms with Crippen molar-refractivity contribution in [3.8, 4) is 22.4 Å². The Bertz CT molecular complexity index is 1030. The van der Waals surface area contributed by atoms with Crippen LogP contribution in [-0.2, 0) is 12.8 Å². The van der Waals surface area contributed by atoms with Gasteiger partial charge in [-0.15, -0.1) is 0 Å². The van der Waals surface area contributed by atoms with Crippen LogP contribution in [0.15, 0.2) is 60.8 Å². The summed E-state index contributed by atoms with van der Waals surface area (Å²) in [4.78, 5) is 16.6. The van der Waals surface area contributed by atoms with Crippen molar-refractivity contribution in [2.45, 2.75) is 19.7 Å². The molecule has 29 heavy (non-hydrogen) atoms. The zero-order valence-electron chi connectivity index (χ0n) is 15.6. The molecule has 7 heteroatoms. The molecule has 3 aromatic rings. The first-order valence-corrected chi connectivity index (χ1v) is 8.99. The van der Waals surface area contributed by atoms with E-state index in [1.807, 2.05) is 0 Å². The summed E-state index contributed by atoms with van der Waals surface area (Å²) in [6.07, 6.45) is -3.13. The minimum atomic E-state index is -4.48. The summed E-state index contributed by atoms with van der Waals surface area (Å²) in [5.74, 6) is -0.324. The van der Waals surface area contributed by atoms with Gasteiger partial charge in [-0.25, -0.2) is 0 Å². The lowest BCUT2D eigenvalue weighted by Gasteiger charge is -2.14. The van der Waals surface area contributed by atoms with E-state index in [1.54, 1.807) is 43.3 Å². The van der Waals surface area contributed by atoms with Crippen molar-refractivity contribution in [1.82, 2.24) is 10.3 Å². The summed E-state index contributed by atoms with van der Waals surface area (Å²) in [5.41, 5.74) is 1.91. The van der Waals surface area contributed by atoms with Crippen LogP contribution in [0.25, 0.3) is 22.4 Å². The molecule has 2 N–H and O–H groups in total. The Labute approximate surface area is 166 Å². The minimum absolute atomic E-state index is 0.184. The van der Waals surface area contributed by atoms with E-state index in [0.717, 1.165) is 12.1 Å². The Morgan fingerprint density at radius 3 is 2.48 bits per heavy atom. The Morgan fingerprint density at radius 1 is 1.07 bits per heavy atom. The van der Waals surface area contributed by atoms with Gasteiger partial charge in [0.15, 0.2) is 0 Å². The third-order valence-electron chi connectivity index (χ3n) is 4.37. The van der Waals surface area contributed by atoms with Gasteiger partial charge >= 0.3 is 6.18 Å². The number of hydrogen-bond acceptors (Lipinski definition) is 3. The molecule has 0 spiro atoms. The summed E-state index contributed by atoms with van der Waals surface area (Å²) < 4.78 is 39.5. The molecule has 0 aliphatic heterocycles. The SMILES string of the molecule is CCNC(=O)c1cnc(-c2cccc(C(F)(F)F)c2)c(-c2cccc(CO)c2)c1. The number of alkyl halides is 3. The van der Waals surface area contributed by atoms with Crippen LogP contribution in [0.1, 0.15) is 28.4 Å². The fourth-order valence-electron chi connectivity index (χ4n) is 2.98. The largest absolute Gasteiger partial charge is 0.416 e. The van der Waals surface area contributed by atoms with Crippen LogP contribution in [0, 0.1) is 0 Å². The highest BCUT2D eigenvalue weighted by atomic mass is 19.4. The van der Waals surface area contributed by atoms with Crippen molar-refractivity contribution in [2.24, 2.45) is 0 Å². The van der Waals surface area contributed by atoms with Crippen molar-refractivity contribution in [2.75, 3.05) is 6.54 Å². The fraction of sp³-hybridized carbons (Fsp3) is 0.182. The molecule has 1 heterocycles. The van der Waals surface area contributed by atoms with E-state index in [2.05, 4.69) is 10.3 Å². The lowest BCUT2D eigenvalue weighted by atomic mass is 9.95. The average Bonchev–Trinajstić information content (AvgIpc) is 2.73. The number of carbonyl (C=O) groups is 1. The summed E-state index contributed by atoms with van der Waals surface area (Å²) in [5, 5.41) is 12.1. The Kier molecular flexibility index (Phi) is 5.98. The lowest BCUT2D eigenvalue weighted by Crippen LogP contribution is -2.22. The third-order valence-corrected chi connectivity index (χ3v) is 4.37. The van der Waals surface area contributed by atoms with Gasteiger partial charge < -0.3 is 10.4 Å². The van der Waals surface area contributed by atoms with Crippen LogP contribution in [0.4, 0.5) is 13.2 Å². The van der Waals surface area contributed by atoms with Gasteiger partial charge in [0.25, 0.3) is 5.91 Å². The first-order valence-electron chi connectivity index (χ1n) is 8.99. The second kappa shape index (κ2) is 8.45. The van der Waals surface area contributed by atoms with Crippen molar-refractivity contribution in [3.05, 3.63) is 77.5 Å². The normalized spacial score (nSPS) is 11.3. The Balaban J connectivity index is 2.20. The molecular weight excluding hydrogens is 381 g/mol. The molecule has 2 aromatic carbocycles. The highest BCUT2D eigenvalue weighted by Gasteiger charge is 2.30. The van der Waals surface area contributed by atoms with Gasteiger partial charge in [0.2, 0.25) is 0 Å². The van der Waals surface area contributed by atoms with E-state index in [9.17, 15) is 23.1 Å². The van der Waals surface area contributed by atoms with Crippen LogP contribution in [-0.4, -0.2) is 22.5 Å². The minimum Gasteiger partial charge on any atom is -0.392 e. The van der Waals surface area contributed by atoms with E-state index in [4.69, 9.17) is 0 Å². The topological polar surface area (TPSA) is 62.2 Å². The fourth-order valence-corrected chi connectivity index (χ4v) is 2.98. The zero-order valence-corrected chi connectivity index (χ0v) is 15.6. The Hall–Kier alpha value is -3.19. The molecular formula is C22H19F3N2O2. The molecule has 0 fully saturated rings. The molecule has 0 saturated heterocycles. The summed E-state index contributed by atoms with van der Waals surface area (Å²) in [6.45, 7) is 2.04. The van der Waals surface area contributed by atoms with Crippen LogP contribution in [0.2, 0.25) is 0 Å². The molecule has 0 aliphatic rings. The Morgan fingerprint density at radius 2 is 1.79 bits per heavy atom. The maximum absolute atomic E-state index is 13.2. The number of aromatic nitrogens is 1. The number of aliphatic hydroxyl groups is 1. The second-order valence-corrected chi connectivity index (χ2v) is 6.42. The number of hydrogen-bond donors (Lipinski definition) is 2. The highest BCUT2D eigenvalue weighted by molar-refractivity contribution is 5.96. The highest BCUT2D eigenvalue weighted by Crippen LogP contribution is 2.35. The number of pyridine rings is 1. The number of carbonyl (C=O) groups excluding carboxylic acids is 1. The van der Waals surface area contributed by atoms with Gasteiger partial charge in [-0.2, -0.15) is 13.2 Å². The third kappa shape index (κ3) is 4.63. The van der Waals surface area contributed by atoms with E-state index >= 15 is 0 Å². The predicted molar refractivity (Wildman–Crippen MR) is 104 cm³/mol. The molecule has 1 amide bonds. The first kappa shape index (κ1) is 20.5. The summed E-state index contributed by atoms with van der Waals surface area (Å²) in [6, 6.07) is 13.4. The molecule has 4 nitrogen and oxygen atoms in total. The van der Waals surface area contributed by atoms with E-state index in [-0.39, 0.29) is 18.1 Å². The van der Waals surface area contributed by atoms with Crippen molar-refractivity contribution in [1.29, 1.82) is 0 Å². The van der Waals surface area contributed by atoms with E-state index < -0.39 is 11.7 Å². The smallest absolute Gasteiger partial charge is 0.392 e. The van der Waals surface area contributed by atoms with Gasteiger partial charge in [-0.1, -0.05) is 30.3 Å². The first-order chi connectivity index (χ1) is 13.8. The quantitative estimate of drug-likeness (QED) is 0.654. The maximum atomic E-state index is 13.2. The van der Waals surface area contributed by atoms with Crippen LogP contribution in [0.5, 0.6) is 0 Å². The number of aliphatic hydroxyl groups excluding tert-OH is 1. The van der Waals surface area contributed by atoms with Gasteiger partial charge in [-0.05, 0) is 42.3 Å². The molecule has 0 unspecified atom stereocenters. The number of halogens is 3. The molecule has 0 bridgehead atoms. The van der Waals surface area contributed by atoms with Gasteiger partial charge in [0, 0.05) is 23.9 Å². The molecule has 0 radical (unpaired) electrons. The van der Waals surface area contributed by atoms with Crippen molar-refractivity contribution >= 4 is 5.91 Å². The zero-order chi connectivity index (χ0) is 21.0. The number of nitrogens with zero attached hydrogens (tertiary/aromatic N) is 1. The average molecular weight is 400 g/mol. The van der Waals surface area contributed by atoms with Crippen molar-refractivity contribution in [3.63, 3.8) is 0 Å². The number of amides is 1. The van der Waals surface area contributed by atoms with Gasteiger partial charge in [0.05, 0.1) is 23.4 Å². The number of rotatable bonds is 5. The predicted octanol–water partition coefficient (Wildman–Crippen LogP) is 4.68. The molecule has 0 saturated carbocycles. The van der Waals surface area contributed by atoms with Crippen LogP contribution >= 0.6 is 0 Å². The maximum Gasteiger partial charge on any atom is 0.416 e. The molecule has 3 rings (SSSR count). The van der Waals surface area contributed by atoms with Crippen LogP contribution < -0.4 is 5.32 Å². The van der Waals surface area contributed by atoms with Gasteiger partial charge in [0.1, 0.15) is 0 Å². The number of nitrogens with one attached hydrogen (secondary N) is 1. The van der Waals surface area contributed by atoms with Gasteiger partial charge in [-0.3, -0.25) is 9.78 Å². The lowest BCUT2D eigenvalue weighted by molar-refractivity contribution is -0.137. The van der Waals surface area contributed by atoms with E-state index in [1.165, 1.54) is 12.3 Å². The second-order valence-electron chi connectivity index (χ2n) is 6.42. The number of benzene rings is 2. The van der Waals surface area contributed by atoms with E-state index in [0.29, 0.717) is 34.5 Å². The summed E-state index contributed by atoms with van der Waals surface area (Å²) >= 11 is 0. The van der Waals surface area contributed by atoms with Crippen molar-refractivity contribution < 1.29 is 23.1 Å².